The molecule has 0 bridgehead atoms. The van der Waals surface area contributed by atoms with Crippen LogP contribution in [0.2, 0.25) is 0 Å². The second kappa shape index (κ2) is 6.72. The van der Waals surface area contributed by atoms with Crippen LogP contribution in [-0.4, -0.2) is 18.0 Å². The lowest BCUT2D eigenvalue weighted by molar-refractivity contribution is 0.221. The highest BCUT2D eigenvalue weighted by molar-refractivity contribution is 5.24. The number of nitrogens with two attached hydrogens (primary N) is 1. The first-order valence-corrected chi connectivity index (χ1v) is 6.29. The Morgan fingerprint density at radius 3 is 2.29 bits per heavy atom. The lowest BCUT2D eigenvalue weighted by atomic mass is 10.1. The van der Waals surface area contributed by atoms with Crippen LogP contribution in [0.3, 0.4) is 0 Å². The third-order valence-corrected chi connectivity index (χ3v) is 3.25. The highest BCUT2D eigenvalue weighted by atomic mass is 19.1. The zero-order valence-corrected chi connectivity index (χ0v) is 11.0. The molecule has 17 heavy (non-hydrogen) atoms. The van der Waals surface area contributed by atoms with E-state index in [4.69, 9.17) is 5.73 Å². The van der Waals surface area contributed by atoms with Gasteiger partial charge in [-0.15, -0.1) is 0 Å². The van der Waals surface area contributed by atoms with E-state index < -0.39 is 0 Å². The van der Waals surface area contributed by atoms with Gasteiger partial charge in [0.05, 0.1) is 0 Å². The molecule has 0 heterocycles. The van der Waals surface area contributed by atoms with E-state index in [1.807, 2.05) is 6.07 Å². The van der Waals surface area contributed by atoms with Crippen molar-refractivity contribution < 1.29 is 4.39 Å². The summed E-state index contributed by atoms with van der Waals surface area (Å²) in [5.74, 6) is -0.194. The van der Waals surface area contributed by atoms with E-state index in [0.717, 1.165) is 30.5 Å². The van der Waals surface area contributed by atoms with Gasteiger partial charge in [0.1, 0.15) is 5.82 Å². The second-order valence-electron chi connectivity index (χ2n) is 4.56. The Labute approximate surface area is 104 Å². The van der Waals surface area contributed by atoms with E-state index in [0.29, 0.717) is 12.6 Å². The number of hydrogen-bond acceptors (Lipinski definition) is 2. The zero-order valence-electron chi connectivity index (χ0n) is 11.0. The van der Waals surface area contributed by atoms with E-state index in [2.05, 4.69) is 25.8 Å². The van der Waals surface area contributed by atoms with Gasteiger partial charge in [-0.05, 0) is 43.1 Å². The Balaban J connectivity index is 2.76. The summed E-state index contributed by atoms with van der Waals surface area (Å²) in [6.45, 7) is 5.53. The van der Waals surface area contributed by atoms with Crippen LogP contribution < -0.4 is 5.73 Å². The summed E-state index contributed by atoms with van der Waals surface area (Å²) >= 11 is 0. The maximum atomic E-state index is 13.4. The van der Waals surface area contributed by atoms with Gasteiger partial charge < -0.3 is 5.73 Å². The first-order chi connectivity index (χ1) is 8.10. The lowest BCUT2D eigenvalue weighted by Crippen LogP contribution is -2.30. The molecule has 0 aliphatic rings. The summed E-state index contributed by atoms with van der Waals surface area (Å²) in [5, 5.41) is 0. The van der Waals surface area contributed by atoms with Crippen LogP contribution in [0.5, 0.6) is 0 Å². The van der Waals surface area contributed by atoms with Crippen LogP contribution in [-0.2, 0) is 13.1 Å². The maximum Gasteiger partial charge on any atom is 0.123 e. The van der Waals surface area contributed by atoms with Gasteiger partial charge >= 0.3 is 0 Å². The summed E-state index contributed by atoms with van der Waals surface area (Å²) in [6, 6.07) is 5.64. The summed E-state index contributed by atoms with van der Waals surface area (Å²) in [4.78, 5) is 2.27. The minimum atomic E-state index is -0.194. The predicted molar refractivity (Wildman–Crippen MR) is 70.1 cm³/mol. The molecule has 0 aromatic heterocycles. The molecule has 0 aliphatic heterocycles. The fourth-order valence-electron chi connectivity index (χ4n) is 2.26. The van der Waals surface area contributed by atoms with Crippen molar-refractivity contribution in [2.45, 2.75) is 45.8 Å². The predicted octanol–water partition coefficient (Wildman–Crippen LogP) is 2.90. The van der Waals surface area contributed by atoms with Crippen LogP contribution in [0.1, 0.15) is 37.8 Å². The normalized spacial score (nSPS) is 11.5. The molecule has 0 unspecified atom stereocenters. The summed E-state index contributed by atoms with van der Waals surface area (Å²) in [6.07, 6.45) is 2.23. The third-order valence-electron chi connectivity index (χ3n) is 3.25. The van der Waals surface area contributed by atoms with E-state index >= 15 is 0 Å². The smallest absolute Gasteiger partial charge is 0.123 e. The second-order valence-corrected chi connectivity index (χ2v) is 4.56. The molecule has 0 aliphatic carbocycles. The van der Waals surface area contributed by atoms with Crippen LogP contribution in [0, 0.1) is 5.82 Å². The van der Waals surface area contributed by atoms with Gasteiger partial charge in [-0.1, -0.05) is 19.9 Å². The van der Waals surface area contributed by atoms with Crippen molar-refractivity contribution in [2.24, 2.45) is 5.73 Å². The monoisotopic (exact) mass is 238 g/mol. The summed E-state index contributed by atoms with van der Waals surface area (Å²) < 4.78 is 13.4. The molecule has 2 N–H and O–H groups in total. The van der Waals surface area contributed by atoms with Gasteiger partial charge in [0.2, 0.25) is 0 Å². The van der Waals surface area contributed by atoms with E-state index in [9.17, 15) is 4.39 Å². The van der Waals surface area contributed by atoms with E-state index in [-0.39, 0.29) is 5.82 Å². The van der Waals surface area contributed by atoms with Crippen molar-refractivity contribution in [3.8, 4) is 0 Å². The molecule has 0 spiro atoms. The molecule has 0 amide bonds. The summed E-state index contributed by atoms with van der Waals surface area (Å²) in [7, 11) is 2.09. The molecular weight excluding hydrogens is 215 g/mol. The van der Waals surface area contributed by atoms with Gasteiger partial charge in [-0.25, -0.2) is 4.39 Å². The summed E-state index contributed by atoms with van der Waals surface area (Å²) in [5.41, 5.74) is 7.41. The third kappa shape index (κ3) is 4.10. The highest BCUT2D eigenvalue weighted by Gasteiger charge is 2.11. The molecule has 3 heteroatoms. The van der Waals surface area contributed by atoms with Gasteiger partial charge in [0, 0.05) is 19.1 Å². The Kier molecular flexibility index (Phi) is 5.59. The number of benzene rings is 1. The molecule has 0 fully saturated rings. The molecule has 96 valence electrons. The molecule has 0 atom stereocenters. The Hall–Kier alpha value is -0.930. The van der Waals surface area contributed by atoms with Crippen molar-refractivity contribution in [1.29, 1.82) is 0 Å². The largest absolute Gasteiger partial charge is 0.326 e. The van der Waals surface area contributed by atoms with Crippen molar-refractivity contribution in [1.82, 2.24) is 4.90 Å². The van der Waals surface area contributed by atoms with Crippen molar-refractivity contribution >= 4 is 0 Å². The molecule has 1 rings (SSSR count). The average Bonchev–Trinajstić information content (AvgIpc) is 2.29. The number of nitrogens with zero attached hydrogens (tertiary/aromatic N) is 1. The van der Waals surface area contributed by atoms with Crippen molar-refractivity contribution in [3.63, 3.8) is 0 Å². The molecular formula is C14H23FN2. The first-order valence-electron chi connectivity index (χ1n) is 6.29. The molecule has 1 aromatic rings. The van der Waals surface area contributed by atoms with Crippen LogP contribution in [0.15, 0.2) is 18.2 Å². The topological polar surface area (TPSA) is 29.3 Å². The minimum absolute atomic E-state index is 0.194. The lowest BCUT2D eigenvalue weighted by Gasteiger charge is -2.26. The van der Waals surface area contributed by atoms with Gasteiger partial charge in [-0.2, -0.15) is 0 Å². The molecule has 0 saturated carbocycles. The number of rotatable bonds is 6. The molecule has 0 radical (unpaired) electrons. The zero-order chi connectivity index (χ0) is 12.8. The molecule has 1 aromatic carbocycles. The van der Waals surface area contributed by atoms with Crippen molar-refractivity contribution in [3.05, 3.63) is 35.1 Å². The Morgan fingerprint density at radius 2 is 1.76 bits per heavy atom. The fraction of sp³-hybridized carbons (Fsp3) is 0.571. The number of halogens is 1. The number of hydrogen-bond donors (Lipinski definition) is 1. The Morgan fingerprint density at radius 1 is 1.18 bits per heavy atom. The highest BCUT2D eigenvalue weighted by Crippen LogP contribution is 2.14. The van der Waals surface area contributed by atoms with E-state index in [1.54, 1.807) is 6.07 Å². The maximum absolute atomic E-state index is 13.4. The van der Waals surface area contributed by atoms with Crippen molar-refractivity contribution in [2.75, 3.05) is 7.05 Å². The van der Waals surface area contributed by atoms with Crippen LogP contribution in [0.25, 0.3) is 0 Å². The Bertz CT molecular complexity index is 348. The molecule has 0 saturated heterocycles. The van der Waals surface area contributed by atoms with Gasteiger partial charge in [0.25, 0.3) is 0 Å². The standard InChI is InChI=1S/C14H23FN2/c1-4-14(5-2)17(3)10-12-6-11(9-16)7-13(15)8-12/h6-8,14H,4-5,9-10,16H2,1-3H3. The van der Waals surface area contributed by atoms with Gasteiger partial charge in [-0.3, -0.25) is 4.90 Å². The quantitative estimate of drug-likeness (QED) is 0.825. The SMILES string of the molecule is CCC(CC)N(C)Cc1cc(F)cc(CN)c1. The van der Waals surface area contributed by atoms with E-state index in [1.165, 1.54) is 6.07 Å². The fourth-order valence-corrected chi connectivity index (χ4v) is 2.26. The van der Waals surface area contributed by atoms with Crippen LogP contribution in [0.4, 0.5) is 4.39 Å². The van der Waals surface area contributed by atoms with Gasteiger partial charge in [0.15, 0.2) is 0 Å². The first kappa shape index (κ1) is 14.1. The van der Waals surface area contributed by atoms with Crippen LogP contribution >= 0.6 is 0 Å². The minimum Gasteiger partial charge on any atom is -0.326 e. The molecule has 2 nitrogen and oxygen atoms in total. The average molecular weight is 238 g/mol.